The molecule has 5 rings (SSSR count). The Kier molecular flexibility index (Phi) is 8.75. The zero-order chi connectivity index (χ0) is 28.6. The van der Waals surface area contributed by atoms with E-state index in [2.05, 4.69) is 13.0 Å². The fraction of sp³-hybridized carbons (Fsp3) is 0.629. The number of ketones is 1. The Morgan fingerprint density at radius 3 is 2.25 bits per heavy atom. The molecule has 2 aromatic carbocycles. The van der Waals surface area contributed by atoms with Gasteiger partial charge in [0, 0.05) is 17.4 Å². The highest BCUT2D eigenvalue weighted by atomic mass is 16.3. The van der Waals surface area contributed by atoms with Crippen molar-refractivity contribution in [3.05, 3.63) is 64.7 Å². The van der Waals surface area contributed by atoms with Gasteiger partial charge in [-0.3, -0.25) is 4.79 Å². The third-order valence-corrected chi connectivity index (χ3v) is 10.3. The molecule has 6 atom stereocenters. The molecule has 2 aromatic rings. The van der Waals surface area contributed by atoms with Gasteiger partial charge < -0.3 is 20.4 Å². The molecule has 0 amide bonds. The van der Waals surface area contributed by atoms with Crippen LogP contribution in [0, 0.1) is 17.8 Å². The van der Waals surface area contributed by atoms with Gasteiger partial charge in [-0.2, -0.15) is 0 Å². The number of aliphatic hydroxyl groups is 3. The molecule has 3 aliphatic rings. The number of benzene rings is 2. The maximum absolute atomic E-state index is 13.7. The summed E-state index contributed by atoms with van der Waals surface area (Å²) < 4.78 is 0. The summed E-state index contributed by atoms with van der Waals surface area (Å²) in [5.74, 6) is 0.727. The van der Waals surface area contributed by atoms with Gasteiger partial charge in [-0.05, 0) is 118 Å². The van der Waals surface area contributed by atoms with Crippen molar-refractivity contribution in [2.45, 2.75) is 121 Å². The van der Waals surface area contributed by atoms with Gasteiger partial charge in [0.25, 0.3) is 0 Å². The molecule has 40 heavy (non-hydrogen) atoms. The summed E-state index contributed by atoms with van der Waals surface area (Å²) >= 11 is 0. The minimum atomic E-state index is -1.16. The van der Waals surface area contributed by atoms with Crippen LogP contribution in [0.2, 0.25) is 0 Å². The zero-order valence-electron chi connectivity index (χ0n) is 24.4. The highest BCUT2D eigenvalue weighted by Crippen LogP contribution is 2.54. The third kappa shape index (κ3) is 6.17. The molecular formula is C35H48O5. The van der Waals surface area contributed by atoms with Gasteiger partial charge >= 0.3 is 0 Å². The maximum atomic E-state index is 13.7. The Morgan fingerprint density at radius 1 is 0.925 bits per heavy atom. The van der Waals surface area contributed by atoms with Gasteiger partial charge in [0.2, 0.25) is 0 Å². The van der Waals surface area contributed by atoms with E-state index in [1.165, 1.54) is 12.0 Å². The Morgan fingerprint density at radius 2 is 1.62 bits per heavy atom. The number of rotatable bonds is 9. The molecule has 0 spiro atoms. The van der Waals surface area contributed by atoms with Crippen LogP contribution in [0.4, 0.5) is 0 Å². The van der Waals surface area contributed by atoms with Crippen LogP contribution in [0.5, 0.6) is 5.75 Å². The van der Waals surface area contributed by atoms with Crippen LogP contribution in [0.25, 0.3) is 0 Å². The van der Waals surface area contributed by atoms with Crippen molar-refractivity contribution in [1.29, 1.82) is 0 Å². The van der Waals surface area contributed by atoms with Crippen LogP contribution in [0.15, 0.2) is 42.5 Å². The molecule has 2 fully saturated rings. The van der Waals surface area contributed by atoms with Gasteiger partial charge in [-0.1, -0.05) is 49.7 Å². The lowest BCUT2D eigenvalue weighted by molar-refractivity contribution is -0.134. The molecule has 218 valence electrons. The Labute approximate surface area is 239 Å². The Bertz CT molecular complexity index is 1160. The van der Waals surface area contributed by atoms with Gasteiger partial charge in [-0.25, -0.2) is 0 Å². The van der Waals surface area contributed by atoms with Crippen LogP contribution >= 0.6 is 0 Å². The predicted molar refractivity (Wildman–Crippen MR) is 157 cm³/mol. The molecule has 4 N–H and O–H groups in total. The summed E-state index contributed by atoms with van der Waals surface area (Å²) in [5.41, 5.74) is 3.30. The molecule has 5 heteroatoms. The van der Waals surface area contributed by atoms with E-state index in [1.807, 2.05) is 44.2 Å². The average molecular weight is 549 g/mol. The number of aromatic hydroxyl groups is 1. The summed E-state index contributed by atoms with van der Waals surface area (Å²) in [6, 6.07) is 13.6. The first kappa shape index (κ1) is 29.3. The first-order chi connectivity index (χ1) is 19.0. The number of fused-ring (bicyclic) bond motifs is 1. The lowest BCUT2D eigenvalue weighted by atomic mass is 9.74. The van der Waals surface area contributed by atoms with Crippen LogP contribution in [-0.2, 0) is 4.79 Å². The molecule has 0 bridgehead atoms. The van der Waals surface area contributed by atoms with Crippen molar-refractivity contribution in [3.63, 3.8) is 0 Å². The topological polar surface area (TPSA) is 98.0 Å². The molecule has 3 aliphatic carbocycles. The van der Waals surface area contributed by atoms with E-state index in [-0.39, 0.29) is 29.3 Å². The Hall–Kier alpha value is -2.21. The van der Waals surface area contributed by atoms with E-state index in [0.29, 0.717) is 37.5 Å². The van der Waals surface area contributed by atoms with E-state index in [4.69, 9.17) is 0 Å². The largest absolute Gasteiger partial charge is 0.508 e. The van der Waals surface area contributed by atoms with E-state index in [0.717, 1.165) is 48.8 Å². The van der Waals surface area contributed by atoms with Crippen molar-refractivity contribution in [3.8, 4) is 5.75 Å². The summed E-state index contributed by atoms with van der Waals surface area (Å²) in [4.78, 5) is 13.7. The van der Waals surface area contributed by atoms with Gasteiger partial charge in [-0.15, -0.1) is 0 Å². The van der Waals surface area contributed by atoms with Gasteiger partial charge in [0.1, 0.15) is 11.9 Å². The van der Waals surface area contributed by atoms with Crippen molar-refractivity contribution in [1.82, 2.24) is 0 Å². The summed E-state index contributed by atoms with van der Waals surface area (Å²) in [6.45, 7) is 5.95. The number of phenolic OH excluding ortho intramolecular Hbond substituents is 1. The average Bonchev–Trinajstić information content (AvgIpc) is 3.55. The SMILES string of the molecule is CC1CCC(c2ccc(O)c3c2C(CCC(C)(C)O)CC3C(O)C(=O)C2CCC(C(O)c3ccccc3)CC2)C1. The zero-order valence-corrected chi connectivity index (χ0v) is 24.4. The number of hydrogen-bond acceptors (Lipinski definition) is 5. The monoisotopic (exact) mass is 548 g/mol. The normalized spacial score (nSPS) is 30.1. The molecule has 5 nitrogen and oxygen atoms in total. The number of Topliss-reactive ketones (excluding diaryl/α,β-unsaturated/α-hetero) is 1. The number of phenols is 1. The molecule has 0 radical (unpaired) electrons. The number of aliphatic hydroxyl groups excluding tert-OH is 2. The van der Waals surface area contributed by atoms with Gasteiger partial charge in [0.05, 0.1) is 11.7 Å². The lowest BCUT2D eigenvalue weighted by Crippen LogP contribution is -2.35. The molecule has 2 saturated carbocycles. The number of carbonyl (C=O) groups excluding carboxylic acids is 1. The van der Waals surface area contributed by atoms with Crippen LogP contribution in [0.3, 0.4) is 0 Å². The maximum Gasteiger partial charge on any atom is 0.164 e. The van der Waals surface area contributed by atoms with Crippen molar-refractivity contribution < 1.29 is 25.2 Å². The van der Waals surface area contributed by atoms with Crippen LogP contribution < -0.4 is 0 Å². The van der Waals surface area contributed by atoms with Crippen molar-refractivity contribution in [2.24, 2.45) is 17.8 Å². The molecular weight excluding hydrogens is 500 g/mol. The second-order valence-corrected chi connectivity index (χ2v) is 13.8. The smallest absolute Gasteiger partial charge is 0.164 e. The van der Waals surface area contributed by atoms with E-state index in [9.17, 15) is 25.2 Å². The third-order valence-electron chi connectivity index (χ3n) is 10.3. The molecule has 0 heterocycles. The minimum absolute atomic E-state index is 0.101. The summed E-state index contributed by atoms with van der Waals surface area (Å²) in [5, 5.41) is 44.1. The minimum Gasteiger partial charge on any atom is -0.508 e. The van der Waals surface area contributed by atoms with Crippen LogP contribution in [-0.4, -0.2) is 37.9 Å². The van der Waals surface area contributed by atoms with E-state index < -0.39 is 23.7 Å². The molecule has 0 aromatic heterocycles. The van der Waals surface area contributed by atoms with Gasteiger partial charge in [0.15, 0.2) is 5.78 Å². The molecule has 0 saturated heterocycles. The number of carbonyl (C=O) groups is 1. The highest BCUT2D eigenvalue weighted by molar-refractivity contribution is 5.86. The second kappa shape index (κ2) is 12.0. The summed E-state index contributed by atoms with van der Waals surface area (Å²) in [7, 11) is 0. The van der Waals surface area contributed by atoms with Crippen molar-refractivity contribution >= 4 is 5.78 Å². The second-order valence-electron chi connectivity index (χ2n) is 13.8. The first-order valence-electron chi connectivity index (χ1n) is 15.6. The van der Waals surface area contributed by atoms with E-state index in [1.54, 1.807) is 6.07 Å². The highest BCUT2D eigenvalue weighted by Gasteiger charge is 2.44. The quantitative estimate of drug-likeness (QED) is 0.274. The molecule has 0 aliphatic heterocycles. The fourth-order valence-electron chi connectivity index (χ4n) is 8.03. The molecule has 6 unspecified atom stereocenters. The fourth-order valence-corrected chi connectivity index (χ4v) is 8.03. The predicted octanol–water partition coefficient (Wildman–Crippen LogP) is 6.89. The number of hydrogen-bond donors (Lipinski definition) is 4. The standard InChI is InChI=1S/C35H48O5/c1-21-9-10-25(19-21)27-15-16-29(36)31-28(20-26(30(27)31)17-18-35(2,3)40)34(39)33(38)24-13-11-23(12-14-24)32(37)22-7-5-4-6-8-22/h4-8,15-16,21,23-26,28,32,34,36-37,39-40H,9-14,17-20H2,1-3H3. The Balaban J connectivity index is 1.34. The first-order valence-corrected chi connectivity index (χ1v) is 15.6. The van der Waals surface area contributed by atoms with E-state index >= 15 is 0 Å². The summed E-state index contributed by atoms with van der Waals surface area (Å²) in [6.07, 6.45) is 6.59. The van der Waals surface area contributed by atoms with Crippen molar-refractivity contribution in [2.75, 3.05) is 0 Å². The lowest BCUT2D eigenvalue weighted by Gasteiger charge is -2.32. The van der Waals surface area contributed by atoms with Crippen LogP contribution in [0.1, 0.15) is 131 Å².